The first kappa shape index (κ1) is 23.5. The quantitative estimate of drug-likeness (QED) is 0.364. The molecule has 38 heavy (non-hydrogen) atoms. The minimum atomic E-state index is -0.359. The van der Waals surface area contributed by atoms with Gasteiger partial charge in [0, 0.05) is 53.8 Å². The molecule has 0 saturated heterocycles. The second kappa shape index (κ2) is 10.3. The van der Waals surface area contributed by atoms with Crippen molar-refractivity contribution in [1.82, 2.24) is 15.2 Å². The molecular formula is C30H26N4O4. The highest BCUT2D eigenvalue weighted by Crippen LogP contribution is 2.37. The summed E-state index contributed by atoms with van der Waals surface area (Å²) in [4.78, 5) is 32.0. The largest absolute Gasteiger partial charge is 0.454 e. The number of benzene rings is 3. The van der Waals surface area contributed by atoms with Gasteiger partial charge in [0.15, 0.2) is 11.5 Å². The normalized spacial score (nSPS) is 15.3. The molecule has 2 aliphatic rings. The molecule has 1 unspecified atom stereocenters. The van der Waals surface area contributed by atoms with Gasteiger partial charge in [-0.05, 0) is 60.2 Å². The van der Waals surface area contributed by atoms with Crippen LogP contribution in [0.2, 0.25) is 0 Å². The minimum Gasteiger partial charge on any atom is -0.454 e. The maximum absolute atomic E-state index is 13.4. The number of hydrogen-bond donors (Lipinski definition) is 2. The van der Waals surface area contributed by atoms with Crippen LogP contribution < -0.4 is 20.1 Å². The van der Waals surface area contributed by atoms with Crippen molar-refractivity contribution in [3.63, 3.8) is 0 Å². The summed E-state index contributed by atoms with van der Waals surface area (Å²) in [6, 6.07) is 26.4. The molecule has 1 aromatic heterocycles. The van der Waals surface area contributed by atoms with Crippen LogP contribution in [0.4, 0.5) is 5.69 Å². The van der Waals surface area contributed by atoms with Crippen molar-refractivity contribution in [1.29, 1.82) is 0 Å². The molecule has 3 heterocycles. The van der Waals surface area contributed by atoms with Crippen LogP contribution in [0.15, 0.2) is 91.1 Å². The fourth-order valence-electron chi connectivity index (χ4n) is 4.75. The molecule has 2 amide bonds. The highest BCUT2D eigenvalue weighted by Gasteiger charge is 2.36. The number of rotatable bonds is 8. The number of fused-ring (bicyclic) bond motifs is 2. The van der Waals surface area contributed by atoms with Crippen LogP contribution in [0, 0.1) is 0 Å². The average Bonchev–Trinajstić information content (AvgIpc) is 3.53. The number of amides is 2. The maximum Gasteiger partial charge on any atom is 0.256 e. The first-order valence-electron chi connectivity index (χ1n) is 12.5. The van der Waals surface area contributed by atoms with E-state index in [1.165, 1.54) is 0 Å². The van der Waals surface area contributed by atoms with Gasteiger partial charge in [-0.1, -0.05) is 30.3 Å². The summed E-state index contributed by atoms with van der Waals surface area (Å²) in [5.74, 6) is 1.21. The molecule has 190 valence electrons. The van der Waals surface area contributed by atoms with E-state index in [4.69, 9.17) is 9.47 Å². The van der Waals surface area contributed by atoms with Crippen molar-refractivity contribution in [2.24, 2.45) is 0 Å². The minimum absolute atomic E-state index is 0.0420. The van der Waals surface area contributed by atoms with Crippen molar-refractivity contribution in [3.8, 4) is 11.5 Å². The van der Waals surface area contributed by atoms with Crippen molar-refractivity contribution in [2.45, 2.75) is 19.1 Å². The van der Waals surface area contributed by atoms with Gasteiger partial charge in [-0.15, -0.1) is 0 Å². The molecular weight excluding hydrogens is 480 g/mol. The maximum atomic E-state index is 13.4. The topological polar surface area (TPSA) is 92.8 Å². The van der Waals surface area contributed by atoms with E-state index in [9.17, 15) is 9.59 Å². The fraction of sp³-hybridized carbons (Fsp3) is 0.167. The van der Waals surface area contributed by atoms with Crippen molar-refractivity contribution < 1.29 is 19.1 Å². The van der Waals surface area contributed by atoms with Gasteiger partial charge in [-0.3, -0.25) is 14.6 Å². The van der Waals surface area contributed by atoms with Crippen LogP contribution in [-0.2, 0) is 13.0 Å². The zero-order chi connectivity index (χ0) is 25.9. The van der Waals surface area contributed by atoms with E-state index < -0.39 is 0 Å². The third kappa shape index (κ3) is 4.76. The molecule has 8 heteroatoms. The Balaban J connectivity index is 1.15. The predicted octanol–water partition coefficient (Wildman–Crippen LogP) is 4.55. The molecule has 0 radical (unpaired) electrons. The van der Waals surface area contributed by atoms with Gasteiger partial charge in [0.1, 0.15) is 6.17 Å². The molecule has 6 rings (SSSR count). The number of nitrogens with one attached hydrogen (secondary N) is 2. The van der Waals surface area contributed by atoms with Crippen molar-refractivity contribution in [2.75, 3.05) is 18.7 Å². The summed E-state index contributed by atoms with van der Waals surface area (Å²) in [6.07, 6.45) is 2.05. The lowest BCUT2D eigenvalue weighted by Crippen LogP contribution is -2.32. The number of ether oxygens (including phenoxy) is 2. The Hall–Kier alpha value is -4.85. The van der Waals surface area contributed by atoms with Crippen molar-refractivity contribution in [3.05, 3.63) is 119 Å². The predicted molar refractivity (Wildman–Crippen MR) is 142 cm³/mol. The molecule has 3 aromatic carbocycles. The molecule has 0 saturated carbocycles. The lowest BCUT2D eigenvalue weighted by Gasteiger charge is -2.27. The van der Waals surface area contributed by atoms with E-state index in [2.05, 4.69) is 15.6 Å². The number of nitrogens with zero attached hydrogens (tertiary/aromatic N) is 2. The highest BCUT2D eigenvalue weighted by atomic mass is 16.7. The number of anilines is 1. The molecule has 1 atom stereocenters. The molecule has 2 aliphatic heterocycles. The molecule has 0 aliphatic carbocycles. The fourth-order valence-corrected chi connectivity index (χ4v) is 4.75. The third-order valence-corrected chi connectivity index (χ3v) is 6.69. The number of carbonyl (C=O) groups excluding carboxylic acids is 2. The first-order chi connectivity index (χ1) is 18.7. The number of aromatic nitrogens is 1. The van der Waals surface area contributed by atoms with E-state index in [0.717, 1.165) is 22.5 Å². The molecule has 2 N–H and O–H groups in total. The second-order valence-electron chi connectivity index (χ2n) is 9.16. The average molecular weight is 507 g/mol. The molecule has 0 fully saturated rings. The Labute approximate surface area is 220 Å². The lowest BCUT2D eigenvalue weighted by atomic mass is 10.1. The van der Waals surface area contributed by atoms with E-state index in [1.54, 1.807) is 23.2 Å². The van der Waals surface area contributed by atoms with Crippen LogP contribution in [0.5, 0.6) is 11.5 Å². The third-order valence-electron chi connectivity index (χ3n) is 6.69. The van der Waals surface area contributed by atoms with Crippen LogP contribution >= 0.6 is 0 Å². The summed E-state index contributed by atoms with van der Waals surface area (Å²) in [7, 11) is 0. The second-order valence-corrected chi connectivity index (χ2v) is 9.16. The number of pyridine rings is 1. The van der Waals surface area contributed by atoms with E-state index in [1.807, 2.05) is 72.8 Å². The number of hydrogen-bond acceptors (Lipinski definition) is 6. The Morgan fingerprint density at radius 1 is 0.947 bits per heavy atom. The molecule has 0 bridgehead atoms. The summed E-state index contributed by atoms with van der Waals surface area (Å²) in [6.45, 7) is 1.11. The standard InChI is InChI=1S/C30H26N4O4/c35-29(32-16-14-22-5-3-4-15-31-22)21-9-11-23(12-10-21)33-28-24-6-1-2-7-25(24)30(36)34(28)18-20-8-13-26-27(17-20)38-19-37-26/h1-13,15,17,28,33H,14,16,18-19H2,(H,32,35). The van der Waals surface area contributed by atoms with Gasteiger partial charge in [0.2, 0.25) is 6.79 Å². The summed E-state index contributed by atoms with van der Waals surface area (Å²) in [5, 5.41) is 6.43. The molecule has 8 nitrogen and oxygen atoms in total. The SMILES string of the molecule is O=C(NCCc1ccccn1)c1ccc(NC2c3ccccc3C(=O)N2Cc2ccc3c(c2)OCO3)cc1. The highest BCUT2D eigenvalue weighted by molar-refractivity contribution is 5.99. The summed E-state index contributed by atoms with van der Waals surface area (Å²) < 4.78 is 10.9. The van der Waals surface area contributed by atoms with Gasteiger partial charge in [0.05, 0.1) is 0 Å². The zero-order valence-corrected chi connectivity index (χ0v) is 20.6. The monoisotopic (exact) mass is 506 g/mol. The van der Waals surface area contributed by atoms with Crippen molar-refractivity contribution >= 4 is 17.5 Å². The van der Waals surface area contributed by atoms with Crippen LogP contribution in [0.3, 0.4) is 0 Å². The van der Waals surface area contributed by atoms with Gasteiger partial charge < -0.3 is 25.0 Å². The summed E-state index contributed by atoms with van der Waals surface area (Å²) in [5.41, 5.74) is 4.84. The van der Waals surface area contributed by atoms with Crippen LogP contribution in [0.25, 0.3) is 0 Å². The Morgan fingerprint density at radius 2 is 1.76 bits per heavy atom. The van der Waals surface area contributed by atoms with Gasteiger partial charge in [-0.25, -0.2) is 0 Å². The summed E-state index contributed by atoms with van der Waals surface area (Å²) >= 11 is 0. The van der Waals surface area contributed by atoms with Crippen LogP contribution in [-0.4, -0.2) is 35.0 Å². The van der Waals surface area contributed by atoms with Crippen LogP contribution in [0.1, 0.15) is 43.7 Å². The molecule has 4 aromatic rings. The Bertz CT molecular complexity index is 1470. The van der Waals surface area contributed by atoms with E-state index in [-0.39, 0.29) is 24.8 Å². The smallest absolute Gasteiger partial charge is 0.256 e. The first-order valence-corrected chi connectivity index (χ1v) is 12.5. The van der Waals surface area contributed by atoms with Gasteiger partial charge in [-0.2, -0.15) is 0 Å². The number of carbonyl (C=O) groups is 2. The zero-order valence-electron chi connectivity index (χ0n) is 20.6. The Morgan fingerprint density at radius 3 is 2.61 bits per heavy atom. The van der Waals surface area contributed by atoms with Gasteiger partial charge in [0.25, 0.3) is 11.8 Å². The lowest BCUT2D eigenvalue weighted by molar-refractivity contribution is 0.0728. The molecule has 0 spiro atoms. The Kier molecular flexibility index (Phi) is 6.35. The van der Waals surface area contributed by atoms with E-state index in [0.29, 0.717) is 42.1 Å². The van der Waals surface area contributed by atoms with Gasteiger partial charge >= 0.3 is 0 Å². The van der Waals surface area contributed by atoms with E-state index >= 15 is 0 Å².